The van der Waals surface area contributed by atoms with Gasteiger partial charge in [-0.2, -0.15) is 0 Å². The van der Waals surface area contributed by atoms with Crippen molar-refractivity contribution in [2.45, 2.75) is 20.3 Å². The zero-order valence-corrected chi connectivity index (χ0v) is 8.48. The first-order chi connectivity index (χ1) is 7.11. The maximum Gasteiger partial charge on any atom is 0.272 e. The Bertz CT molecular complexity index is 531. The van der Waals surface area contributed by atoms with Crippen LogP contribution in [0.5, 0.6) is 0 Å². The Morgan fingerprint density at radius 1 is 1.53 bits per heavy atom. The summed E-state index contributed by atoms with van der Waals surface area (Å²) in [7, 11) is 0. The first-order valence-electron chi connectivity index (χ1n) is 4.66. The van der Waals surface area contributed by atoms with Crippen molar-refractivity contribution in [2.75, 3.05) is 0 Å². The highest BCUT2D eigenvalue weighted by molar-refractivity contribution is 5.79. The number of nitro benzene ring substituents is 1. The van der Waals surface area contributed by atoms with Crippen molar-refractivity contribution in [1.82, 2.24) is 4.98 Å². The quantitative estimate of drug-likeness (QED) is 0.559. The van der Waals surface area contributed by atoms with Gasteiger partial charge in [-0.25, -0.2) is 4.98 Å². The molecule has 0 aliphatic carbocycles. The number of hydrogen-bond acceptors (Lipinski definition) is 4. The number of rotatable bonds is 2. The van der Waals surface area contributed by atoms with Gasteiger partial charge in [0.25, 0.3) is 5.69 Å². The average molecular weight is 206 g/mol. The highest BCUT2D eigenvalue weighted by Crippen LogP contribution is 2.25. The molecule has 5 nitrogen and oxygen atoms in total. The molecule has 5 heteroatoms. The lowest BCUT2D eigenvalue weighted by Crippen LogP contribution is -1.88. The fraction of sp³-hybridized carbons (Fsp3) is 0.300. The molecule has 0 radical (unpaired) electrons. The fourth-order valence-corrected chi connectivity index (χ4v) is 1.48. The van der Waals surface area contributed by atoms with E-state index in [0.29, 0.717) is 23.4 Å². The molecule has 0 amide bonds. The van der Waals surface area contributed by atoms with Crippen LogP contribution in [0.25, 0.3) is 11.1 Å². The molecule has 0 saturated heterocycles. The minimum atomic E-state index is -0.424. The van der Waals surface area contributed by atoms with Gasteiger partial charge in [0.15, 0.2) is 11.5 Å². The van der Waals surface area contributed by atoms with E-state index in [0.717, 1.165) is 5.56 Å². The van der Waals surface area contributed by atoms with Crippen molar-refractivity contribution < 1.29 is 9.34 Å². The number of non-ortho nitro benzene ring substituents is 1. The van der Waals surface area contributed by atoms with Gasteiger partial charge in [0.2, 0.25) is 0 Å². The Morgan fingerprint density at radius 2 is 2.27 bits per heavy atom. The lowest BCUT2D eigenvalue weighted by molar-refractivity contribution is -0.384. The van der Waals surface area contributed by atoms with Crippen LogP contribution >= 0.6 is 0 Å². The van der Waals surface area contributed by atoms with E-state index >= 15 is 0 Å². The number of aryl methyl sites for hydroxylation is 2. The number of benzene rings is 1. The van der Waals surface area contributed by atoms with Gasteiger partial charge in [0.1, 0.15) is 5.52 Å². The predicted molar refractivity (Wildman–Crippen MR) is 54.8 cm³/mol. The number of aromatic nitrogens is 1. The van der Waals surface area contributed by atoms with E-state index in [4.69, 9.17) is 4.42 Å². The maximum atomic E-state index is 10.6. The molecule has 2 rings (SSSR count). The molecular formula is C10H10N2O3. The molecule has 1 aromatic carbocycles. The highest BCUT2D eigenvalue weighted by atomic mass is 16.6. The zero-order valence-electron chi connectivity index (χ0n) is 8.48. The molecule has 0 aliphatic rings. The molecule has 2 aromatic rings. The summed E-state index contributed by atoms with van der Waals surface area (Å²) in [5, 5.41) is 10.6. The van der Waals surface area contributed by atoms with Gasteiger partial charge in [-0.15, -0.1) is 0 Å². The maximum absolute atomic E-state index is 10.6. The van der Waals surface area contributed by atoms with Crippen molar-refractivity contribution in [2.24, 2.45) is 0 Å². The summed E-state index contributed by atoms with van der Waals surface area (Å²) >= 11 is 0. The van der Waals surface area contributed by atoms with Gasteiger partial charge in [0.05, 0.1) is 4.92 Å². The van der Waals surface area contributed by atoms with Gasteiger partial charge in [0, 0.05) is 24.1 Å². The van der Waals surface area contributed by atoms with Crippen LogP contribution < -0.4 is 0 Å². The second-order valence-electron chi connectivity index (χ2n) is 3.33. The monoisotopic (exact) mass is 206 g/mol. The summed E-state index contributed by atoms with van der Waals surface area (Å²) in [5.41, 5.74) is 1.98. The standard InChI is InChI=1S/C10H10N2O3/c1-3-9-11-8-5-7(12(13)14)4-6(2)10(8)15-9/h4-5H,3H2,1-2H3. The minimum absolute atomic E-state index is 0.0518. The summed E-state index contributed by atoms with van der Waals surface area (Å²) in [5.74, 6) is 0.605. The van der Waals surface area contributed by atoms with Crippen LogP contribution in [0.2, 0.25) is 0 Å². The molecule has 0 atom stereocenters. The van der Waals surface area contributed by atoms with Crippen LogP contribution in [0.3, 0.4) is 0 Å². The fourth-order valence-electron chi connectivity index (χ4n) is 1.48. The third-order valence-electron chi connectivity index (χ3n) is 2.22. The van der Waals surface area contributed by atoms with Crippen LogP contribution in [-0.4, -0.2) is 9.91 Å². The van der Waals surface area contributed by atoms with Crippen LogP contribution in [0.15, 0.2) is 16.5 Å². The summed E-state index contributed by atoms with van der Waals surface area (Å²) in [6, 6.07) is 2.93. The second-order valence-corrected chi connectivity index (χ2v) is 3.33. The van der Waals surface area contributed by atoms with E-state index < -0.39 is 4.92 Å². The second kappa shape index (κ2) is 3.34. The summed E-state index contributed by atoms with van der Waals surface area (Å²) in [6.07, 6.45) is 0.682. The topological polar surface area (TPSA) is 69.2 Å². The van der Waals surface area contributed by atoms with Crippen molar-refractivity contribution in [3.05, 3.63) is 33.7 Å². The third kappa shape index (κ3) is 1.56. The lowest BCUT2D eigenvalue weighted by atomic mass is 10.2. The first-order valence-corrected chi connectivity index (χ1v) is 4.66. The van der Waals surface area contributed by atoms with Crippen LogP contribution in [0, 0.1) is 17.0 Å². The van der Waals surface area contributed by atoms with Gasteiger partial charge in [-0.3, -0.25) is 10.1 Å². The number of nitro groups is 1. The molecule has 0 fully saturated rings. The van der Waals surface area contributed by atoms with E-state index in [1.54, 1.807) is 6.92 Å². The van der Waals surface area contributed by atoms with Crippen molar-refractivity contribution in [3.8, 4) is 0 Å². The van der Waals surface area contributed by atoms with E-state index in [-0.39, 0.29) is 5.69 Å². The van der Waals surface area contributed by atoms with Gasteiger partial charge >= 0.3 is 0 Å². The molecule has 0 unspecified atom stereocenters. The van der Waals surface area contributed by atoms with E-state index in [1.165, 1.54) is 12.1 Å². The molecule has 0 aliphatic heterocycles. The molecule has 1 heterocycles. The lowest BCUT2D eigenvalue weighted by Gasteiger charge is -1.94. The van der Waals surface area contributed by atoms with E-state index in [1.807, 2.05) is 6.92 Å². The number of nitrogens with zero attached hydrogens (tertiary/aromatic N) is 2. The number of fused-ring (bicyclic) bond motifs is 1. The molecule has 0 saturated carbocycles. The summed E-state index contributed by atoms with van der Waals surface area (Å²) < 4.78 is 5.45. The zero-order chi connectivity index (χ0) is 11.0. The Hall–Kier alpha value is -1.91. The van der Waals surface area contributed by atoms with Crippen LogP contribution in [0.1, 0.15) is 18.4 Å². The Labute approximate surface area is 85.9 Å². The van der Waals surface area contributed by atoms with Crippen molar-refractivity contribution in [3.63, 3.8) is 0 Å². The molecule has 0 N–H and O–H groups in total. The van der Waals surface area contributed by atoms with Gasteiger partial charge in [-0.1, -0.05) is 6.92 Å². The largest absolute Gasteiger partial charge is 0.440 e. The Balaban J connectivity index is 2.70. The van der Waals surface area contributed by atoms with Crippen molar-refractivity contribution in [1.29, 1.82) is 0 Å². The molecule has 15 heavy (non-hydrogen) atoms. The van der Waals surface area contributed by atoms with Crippen LogP contribution in [0.4, 0.5) is 5.69 Å². The average Bonchev–Trinajstić information content (AvgIpc) is 2.61. The third-order valence-corrected chi connectivity index (χ3v) is 2.22. The van der Waals surface area contributed by atoms with E-state index in [9.17, 15) is 10.1 Å². The highest BCUT2D eigenvalue weighted by Gasteiger charge is 2.13. The summed E-state index contributed by atoms with van der Waals surface area (Å²) in [4.78, 5) is 14.4. The Kier molecular flexibility index (Phi) is 2.15. The molecule has 1 aromatic heterocycles. The van der Waals surface area contributed by atoms with Gasteiger partial charge in [-0.05, 0) is 6.92 Å². The first kappa shape index (κ1) is 9.64. The number of oxazole rings is 1. The molecular weight excluding hydrogens is 196 g/mol. The normalized spacial score (nSPS) is 10.8. The van der Waals surface area contributed by atoms with Gasteiger partial charge < -0.3 is 4.42 Å². The molecule has 78 valence electrons. The minimum Gasteiger partial charge on any atom is -0.440 e. The van der Waals surface area contributed by atoms with Crippen LogP contribution in [-0.2, 0) is 6.42 Å². The molecule has 0 spiro atoms. The van der Waals surface area contributed by atoms with Crippen molar-refractivity contribution >= 4 is 16.8 Å². The Morgan fingerprint density at radius 3 is 2.87 bits per heavy atom. The summed E-state index contributed by atoms with van der Waals surface area (Å²) in [6.45, 7) is 3.70. The number of hydrogen-bond donors (Lipinski definition) is 0. The van der Waals surface area contributed by atoms with E-state index in [2.05, 4.69) is 4.98 Å². The predicted octanol–water partition coefficient (Wildman–Crippen LogP) is 2.61. The molecule has 0 bridgehead atoms. The smallest absolute Gasteiger partial charge is 0.272 e. The SMILES string of the molecule is CCc1nc2cc([N+](=O)[O-])cc(C)c2o1.